The number of aryl methyl sites for hydroxylation is 1. The van der Waals surface area contributed by atoms with Gasteiger partial charge in [-0.15, -0.1) is 0 Å². The van der Waals surface area contributed by atoms with Gasteiger partial charge in [-0.1, -0.05) is 39.3 Å². The molecule has 0 aliphatic heterocycles. The van der Waals surface area contributed by atoms with Crippen LogP contribution < -0.4 is 4.74 Å². The van der Waals surface area contributed by atoms with Gasteiger partial charge in [0.2, 0.25) is 0 Å². The minimum Gasteiger partial charge on any atom is -0.494 e. The van der Waals surface area contributed by atoms with Gasteiger partial charge in [0.25, 0.3) is 0 Å². The Balaban J connectivity index is 0.00000172. The maximum absolute atomic E-state index is 10.9. The Bertz CT molecular complexity index is 344. The van der Waals surface area contributed by atoms with Gasteiger partial charge in [-0.2, -0.15) is 0 Å². The average Bonchev–Trinajstić information content (AvgIpc) is 2.50. The molecule has 3 heteroatoms. The van der Waals surface area contributed by atoms with Gasteiger partial charge in [-0.05, 0) is 37.0 Å². The summed E-state index contributed by atoms with van der Waals surface area (Å²) < 4.78 is 10.2. The monoisotopic (exact) mass is 280 g/mol. The summed E-state index contributed by atoms with van der Waals surface area (Å²) in [7, 11) is 1.41. The number of rotatable bonds is 8. The molecular weight excluding hydrogens is 252 g/mol. The Morgan fingerprint density at radius 2 is 1.75 bits per heavy atom. The zero-order valence-corrected chi connectivity index (χ0v) is 13.3. The molecule has 0 fully saturated rings. The van der Waals surface area contributed by atoms with E-state index in [1.54, 1.807) is 0 Å². The Labute approximate surface area is 123 Å². The number of ether oxygens (including phenoxy) is 2. The van der Waals surface area contributed by atoms with E-state index in [1.165, 1.54) is 12.7 Å². The number of esters is 1. The standard InChI is InChI=1S/C15H22O3.C2H6/c1-3-6-13-8-10-14(11-9-13)18-12-5-4-7-15(16)17-2;1-2/h8-11H,3-7,12H2,1-2H3;1-2H3. The van der Waals surface area contributed by atoms with Crippen molar-refractivity contribution < 1.29 is 14.3 Å². The Morgan fingerprint density at radius 1 is 1.10 bits per heavy atom. The summed E-state index contributed by atoms with van der Waals surface area (Å²) in [6.07, 6.45) is 4.41. The lowest BCUT2D eigenvalue weighted by Crippen LogP contribution is -2.02. The molecule has 0 bridgehead atoms. The van der Waals surface area contributed by atoms with Crippen molar-refractivity contribution >= 4 is 5.97 Å². The third-order valence-electron chi connectivity index (χ3n) is 2.73. The maximum Gasteiger partial charge on any atom is 0.305 e. The summed E-state index contributed by atoms with van der Waals surface area (Å²) in [5.74, 6) is 0.742. The van der Waals surface area contributed by atoms with Gasteiger partial charge in [-0.3, -0.25) is 4.79 Å². The lowest BCUT2D eigenvalue weighted by atomic mass is 10.1. The van der Waals surface area contributed by atoms with Crippen LogP contribution in [0, 0.1) is 0 Å². The fourth-order valence-electron chi connectivity index (χ4n) is 1.70. The Kier molecular flexibility index (Phi) is 11.6. The summed E-state index contributed by atoms with van der Waals surface area (Å²) in [4.78, 5) is 10.9. The van der Waals surface area contributed by atoms with Crippen molar-refractivity contribution in [1.29, 1.82) is 0 Å². The van der Waals surface area contributed by atoms with Crippen LogP contribution in [0.1, 0.15) is 52.0 Å². The molecule has 3 nitrogen and oxygen atoms in total. The summed E-state index contributed by atoms with van der Waals surface area (Å²) in [5.41, 5.74) is 1.34. The van der Waals surface area contributed by atoms with Gasteiger partial charge in [0.05, 0.1) is 13.7 Å². The lowest BCUT2D eigenvalue weighted by molar-refractivity contribution is -0.140. The highest BCUT2D eigenvalue weighted by atomic mass is 16.5. The molecule has 1 rings (SSSR count). The number of methoxy groups -OCH3 is 1. The van der Waals surface area contributed by atoms with Gasteiger partial charge >= 0.3 is 5.97 Å². The van der Waals surface area contributed by atoms with Crippen molar-refractivity contribution in [1.82, 2.24) is 0 Å². The van der Waals surface area contributed by atoms with Gasteiger partial charge in [0, 0.05) is 6.42 Å². The number of hydrogen-bond acceptors (Lipinski definition) is 3. The predicted molar refractivity (Wildman–Crippen MR) is 83.1 cm³/mol. The SMILES string of the molecule is CC.CCCc1ccc(OCCCCC(=O)OC)cc1. The largest absolute Gasteiger partial charge is 0.494 e. The second kappa shape index (κ2) is 12.5. The van der Waals surface area contributed by atoms with Crippen LogP contribution in [0.2, 0.25) is 0 Å². The van der Waals surface area contributed by atoms with Crippen molar-refractivity contribution in [2.24, 2.45) is 0 Å². The first-order chi connectivity index (χ1) is 9.76. The van der Waals surface area contributed by atoms with Crippen LogP contribution in [0.5, 0.6) is 5.75 Å². The van der Waals surface area contributed by atoms with Crippen LogP contribution in [0.4, 0.5) is 0 Å². The first-order valence-electron chi connectivity index (χ1n) is 7.54. The third-order valence-corrected chi connectivity index (χ3v) is 2.73. The first kappa shape index (κ1) is 18.5. The van der Waals surface area contributed by atoms with Gasteiger partial charge in [0.1, 0.15) is 5.75 Å². The summed E-state index contributed by atoms with van der Waals surface area (Å²) in [6, 6.07) is 8.22. The van der Waals surface area contributed by atoms with E-state index < -0.39 is 0 Å². The van der Waals surface area contributed by atoms with Crippen LogP contribution in [0.3, 0.4) is 0 Å². The highest BCUT2D eigenvalue weighted by Gasteiger charge is 2.00. The first-order valence-corrected chi connectivity index (χ1v) is 7.54. The normalized spacial score (nSPS) is 9.40. The maximum atomic E-state index is 10.9. The average molecular weight is 280 g/mol. The molecule has 0 saturated carbocycles. The van der Waals surface area contributed by atoms with Crippen LogP contribution >= 0.6 is 0 Å². The van der Waals surface area contributed by atoms with Crippen molar-refractivity contribution in [2.45, 2.75) is 52.9 Å². The van der Waals surface area contributed by atoms with Crippen molar-refractivity contribution in [3.05, 3.63) is 29.8 Å². The lowest BCUT2D eigenvalue weighted by Gasteiger charge is -2.06. The smallest absolute Gasteiger partial charge is 0.305 e. The molecule has 1 aromatic carbocycles. The van der Waals surface area contributed by atoms with Gasteiger partial charge < -0.3 is 9.47 Å². The molecule has 0 aromatic heterocycles. The van der Waals surface area contributed by atoms with Crippen LogP contribution in [-0.2, 0) is 16.0 Å². The van der Waals surface area contributed by atoms with Crippen LogP contribution in [0.25, 0.3) is 0 Å². The quantitative estimate of drug-likeness (QED) is 0.523. The van der Waals surface area contributed by atoms with E-state index in [-0.39, 0.29) is 5.97 Å². The van der Waals surface area contributed by atoms with E-state index in [9.17, 15) is 4.79 Å². The van der Waals surface area contributed by atoms with Crippen LogP contribution in [0.15, 0.2) is 24.3 Å². The molecular formula is C17H28O3. The highest BCUT2D eigenvalue weighted by Crippen LogP contribution is 2.13. The molecule has 0 saturated heterocycles. The second-order valence-corrected chi connectivity index (χ2v) is 4.28. The molecule has 0 radical (unpaired) electrons. The van der Waals surface area contributed by atoms with E-state index in [1.807, 2.05) is 26.0 Å². The number of carbonyl (C=O) groups excluding carboxylic acids is 1. The Morgan fingerprint density at radius 3 is 2.30 bits per heavy atom. The molecule has 114 valence electrons. The molecule has 0 aliphatic carbocycles. The molecule has 20 heavy (non-hydrogen) atoms. The molecule has 0 heterocycles. The van der Waals surface area contributed by atoms with E-state index in [2.05, 4.69) is 23.8 Å². The second-order valence-electron chi connectivity index (χ2n) is 4.28. The van der Waals surface area contributed by atoms with Crippen molar-refractivity contribution in [3.8, 4) is 5.75 Å². The number of carbonyl (C=O) groups is 1. The molecule has 0 aliphatic rings. The minimum atomic E-state index is -0.154. The molecule has 0 N–H and O–H groups in total. The van der Waals surface area contributed by atoms with Crippen molar-refractivity contribution in [2.75, 3.05) is 13.7 Å². The Hall–Kier alpha value is -1.51. The number of unbranched alkanes of at least 4 members (excludes halogenated alkanes) is 1. The van der Waals surface area contributed by atoms with E-state index in [0.717, 1.165) is 31.4 Å². The van der Waals surface area contributed by atoms with Gasteiger partial charge in [-0.25, -0.2) is 0 Å². The molecule has 0 unspecified atom stereocenters. The minimum absolute atomic E-state index is 0.154. The zero-order chi connectivity index (χ0) is 15.2. The summed E-state index contributed by atoms with van der Waals surface area (Å²) >= 11 is 0. The topological polar surface area (TPSA) is 35.5 Å². The summed E-state index contributed by atoms with van der Waals surface area (Å²) in [5, 5.41) is 0. The highest BCUT2D eigenvalue weighted by molar-refractivity contribution is 5.68. The molecule has 1 aromatic rings. The fraction of sp³-hybridized carbons (Fsp3) is 0.588. The van der Waals surface area contributed by atoms with Gasteiger partial charge in [0.15, 0.2) is 0 Å². The van der Waals surface area contributed by atoms with E-state index >= 15 is 0 Å². The van der Waals surface area contributed by atoms with Crippen molar-refractivity contribution in [3.63, 3.8) is 0 Å². The molecule has 0 atom stereocenters. The zero-order valence-electron chi connectivity index (χ0n) is 13.3. The predicted octanol–water partition coefficient (Wildman–Crippen LogP) is 4.39. The van der Waals surface area contributed by atoms with Crippen LogP contribution in [-0.4, -0.2) is 19.7 Å². The molecule has 0 amide bonds. The number of hydrogen-bond donors (Lipinski definition) is 0. The fourth-order valence-corrected chi connectivity index (χ4v) is 1.70. The third kappa shape index (κ3) is 8.57. The van der Waals surface area contributed by atoms with E-state index in [4.69, 9.17) is 4.74 Å². The summed E-state index contributed by atoms with van der Waals surface area (Å²) in [6.45, 7) is 6.82. The number of benzene rings is 1. The molecule has 0 spiro atoms. The van der Waals surface area contributed by atoms with E-state index in [0.29, 0.717) is 13.0 Å².